The maximum absolute atomic E-state index is 6.50. The van der Waals surface area contributed by atoms with Gasteiger partial charge in [0, 0.05) is 28.7 Å². The predicted molar refractivity (Wildman–Crippen MR) is 113 cm³/mol. The molecule has 0 bridgehead atoms. The number of ether oxygens (including phenoxy) is 3. The lowest BCUT2D eigenvalue weighted by atomic mass is 10.0. The van der Waals surface area contributed by atoms with Gasteiger partial charge in [-0.3, -0.25) is 0 Å². The zero-order chi connectivity index (χ0) is 20.4. The van der Waals surface area contributed by atoms with E-state index in [1.807, 2.05) is 31.2 Å². The van der Waals surface area contributed by atoms with Crippen LogP contribution in [0, 0.1) is 6.92 Å². The molecular weight excluding hydrogens is 413 g/mol. The Morgan fingerprint density at radius 1 is 1.28 bits per heavy atom. The van der Waals surface area contributed by atoms with Gasteiger partial charge in [0.25, 0.3) is 0 Å². The summed E-state index contributed by atoms with van der Waals surface area (Å²) in [6, 6.07) is 11.1. The zero-order valence-electron chi connectivity index (χ0n) is 16.0. The van der Waals surface area contributed by atoms with Gasteiger partial charge in [-0.15, -0.1) is 0 Å². The minimum atomic E-state index is -1.09. The number of aromatic nitrogens is 2. The van der Waals surface area contributed by atoms with Crippen LogP contribution in [0.3, 0.4) is 0 Å². The van der Waals surface area contributed by atoms with Gasteiger partial charge in [0.2, 0.25) is 5.79 Å². The topological polar surface area (TPSA) is 68.4 Å². The summed E-state index contributed by atoms with van der Waals surface area (Å²) in [6.07, 6.45) is 3.46. The van der Waals surface area contributed by atoms with E-state index < -0.39 is 5.79 Å². The number of rotatable bonds is 6. The number of aromatic amines is 1. The first-order chi connectivity index (χ1) is 14.0. The lowest BCUT2D eigenvalue weighted by Crippen LogP contribution is -2.33. The van der Waals surface area contributed by atoms with Crippen molar-refractivity contribution in [2.75, 3.05) is 19.0 Å². The standard InChI is InChI=1S/C21H21Cl2N3O3/c1-13-9-15(27-2)4-6-18(13)26-20-12-28-21(29-20,11-19-24-7-8-25-19)16-5-3-14(22)10-17(16)23/h3-10,20,26H,11-12H2,1-2H3,(H,24,25)/t20-,21-/m0/s1. The largest absolute Gasteiger partial charge is 0.497 e. The molecule has 2 aromatic carbocycles. The van der Waals surface area contributed by atoms with Crippen LogP contribution in [0.1, 0.15) is 17.0 Å². The molecule has 2 N–H and O–H groups in total. The SMILES string of the molecule is COc1ccc(N[C@@H]2CO[C@](Cc3ncc[nH]3)(c3ccc(Cl)cc3Cl)O2)c(C)c1. The van der Waals surface area contributed by atoms with Crippen molar-refractivity contribution in [2.24, 2.45) is 0 Å². The number of nitrogens with one attached hydrogen (secondary N) is 2. The number of halogens is 2. The van der Waals surface area contributed by atoms with Gasteiger partial charge < -0.3 is 24.5 Å². The predicted octanol–water partition coefficient (Wildman–Crippen LogP) is 4.91. The number of anilines is 1. The van der Waals surface area contributed by atoms with Gasteiger partial charge in [0.1, 0.15) is 11.6 Å². The molecule has 8 heteroatoms. The van der Waals surface area contributed by atoms with Gasteiger partial charge in [-0.1, -0.05) is 29.3 Å². The minimum absolute atomic E-state index is 0.338. The highest BCUT2D eigenvalue weighted by molar-refractivity contribution is 6.35. The van der Waals surface area contributed by atoms with E-state index in [9.17, 15) is 0 Å². The van der Waals surface area contributed by atoms with E-state index in [4.69, 9.17) is 37.4 Å². The molecule has 0 spiro atoms. The first-order valence-corrected chi connectivity index (χ1v) is 9.91. The summed E-state index contributed by atoms with van der Waals surface area (Å²) < 4.78 is 17.9. The molecule has 1 saturated heterocycles. The molecule has 1 fully saturated rings. The van der Waals surface area contributed by atoms with Crippen LogP contribution >= 0.6 is 23.2 Å². The van der Waals surface area contributed by atoms with Crippen LogP contribution in [0.4, 0.5) is 5.69 Å². The summed E-state index contributed by atoms with van der Waals surface area (Å²) in [5.41, 5.74) is 2.69. The fourth-order valence-corrected chi connectivity index (χ4v) is 3.97. The van der Waals surface area contributed by atoms with Crippen molar-refractivity contribution in [3.63, 3.8) is 0 Å². The third kappa shape index (κ3) is 4.21. The molecular formula is C21H21Cl2N3O3. The summed E-state index contributed by atoms with van der Waals surface area (Å²) in [5.74, 6) is 0.450. The summed E-state index contributed by atoms with van der Waals surface area (Å²) in [4.78, 5) is 7.42. The Morgan fingerprint density at radius 2 is 2.14 bits per heavy atom. The molecule has 0 radical (unpaired) electrons. The number of methoxy groups -OCH3 is 1. The zero-order valence-corrected chi connectivity index (χ0v) is 17.6. The number of nitrogens with zero attached hydrogens (tertiary/aromatic N) is 1. The minimum Gasteiger partial charge on any atom is -0.497 e. The molecule has 6 nitrogen and oxygen atoms in total. The quantitative estimate of drug-likeness (QED) is 0.577. The Kier molecular flexibility index (Phi) is 5.69. The second kappa shape index (κ2) is 8.24. The second-order valence-corrected chi connectivity index (χ2v) is 7.68. The lowest BCUT2D eigenvalue weighted by Gasteiger charge is -2.29. The molecule has 152 valence electrons. The van der Waals surface area contributed by atoms with Crippen LogP contribution in [0.2, 0.25) is 10.0 Å². The molecule has 1 aliphatic rings. The van der Waals surface area contributed by atoms with E-state index in [-0.39, 0.29) is 6.23 Å². The van der Waals surface area contributed by atoms with Gasteiger partial charge in [-0.2, -0.15) is 0 Å². The molecule has 2 heterocycles. The van der Waals surface area contributed by atoms with Crippen molar-refractivity contribution in [1.82, 2.24) is 9.97 Å². The lowest BCUT2D eigenvalue weighted by molar-refractivity contribution is -0.174. The maximum atomic E-state index is 6.50. The Bertz CT molecular complexity index is 997. The van der Waals surface area contributed by atoms with Crippen molar-refractivity contribution in [3.8, 4) is 5.75 Å². The molecule has 0 aliphatic carbocycles. The number of benzene rings is 2. The Morgan fingerprint density at radius 3 is 2.83 bits per heavy atom. The highest BCUT2D eigenvalue weighted by Gasteiger charge is 2.45. The first-order valence-electron chi connectivity index (χ1n) is 9.16. The van der Waals surface area contributed by atoms with Crippen molar-refractivity contribution in [2.45, 2.75) is 25.4 Å². The molecule has 29 heavy (non-hydrogen) atoms. The van der Waals surface area contributed by atoms with Crippen molar-refractivity contribution in [3.05, 3.63) is 75.8 Å². The van der Waals surface area contributed by atoms with Gasteiger partial charge in [-0.05, 0) is 42.8 Å². The van der Waals surface area contributed by atoms with Gasteiger partial charge in [0.05, 0.1) is 25.2 Å². The van der Waals surface area contributed by atoms with Crippen LogP contribution in [-0.4, -0.2) is 29.9 Å². The summed E-state index contributed by atoms with van der Waals surface area (Å²) >= 11 is 12.6. The van der Waals surface area contributed by atoms with Crippen LogP contribution in [0.15, 0.2) is 48.8 Å². The molecule has 0 amide bonds. The van der Waals surface area contributed by atoms with Crippen molar-refractivity contribution in [1.29, 1.82) is 0 Å². The van der Waals surface area contributed by atoms with Crippen LogP contribution in [0.25, 0.3) is 0 Å². The molecule has 3 aromatic rings. The monoisotopic (exact) mass is 433 g/mol. The third-order valence-electron chi connectivity index (χ3n) is 4.85. The summed E-state index contributed by atoms with van der Waals surface area (Å²) in [5, 5.41) is 4.42. The highest BCUT2D eigenvalue weighted by atomic mass is 35.5. The van der Waals surface area contributed by atoms with E-state index in [0.717, 1.165) is 22.8 Å². The number of H-pyrrole nitrogens is 1. The van der Waals surface area contributed by atoms with E-state index in [2.05, 4.69) is 15.3 Å². The van der Waals surface area contributed by atoms with Crippen LogP contribution in [0.5, 0.6) is 5.75 Å². The average molecular weight is 434 g/mol. The summed E-state index contributed by atoms with van der Waals surface area (Å²) in [7, 11) is 1.65. The molecule has 1 aromatic heterocycles. The number of hydrogen-bond donors (Lipinski definition) is 2. The Labute approximate surface area is 179 Å². The smallest absolute Gasteiger partial charge is 0.205 e. The molecule has 0 unspecified atom stereocenters. The highest BCUT2D eigenvalue weighted by Crippen LogP contribution is 2.41. The normalized spacial score (nSPS) is 21.3. The van der Waals surface area contributed by atoms with Gasteiger partial charge in [-0.25, -0.2) is 4.98 Å². The van der Waals surface area contributed by atoms with E-state index >= 15 is 0 Å². The van der Waals surface area contributed by atoms with Gasteiger partial charge >= 0.3 is 0 Å². The second-order valence-electron chi connectivity index (χ2n) is 6.83. The van der Waals surface area contributed by atoms with E-state index in [1.165, 1.54) is 0 Å². The molecule has 4 rings (SSSR count). The Balaban J connectivity index is 1.61. The first kappa shape index (κ1) is 20.0. The average Bonchev–Trinajstić information content (AvgIpc) is 3.34. The van der Waals surface area contributed by atoms with E-state index in [0.29, 0.717) is 28.6 Å². The fraction of sp³-hybridized carbons (Fsp3) is 0.286. The summed E-state index contributed by atoms with van der Waals surface area (Å²) in [6.45, 7) is 2.35. The van der Waals surface area contributed by atoms with Crippen molar-refractivity contribution >= 4 is 28.9 Å². The fourth-order valence-electron chi connectivity index (χ4n) is 3.42. The number of aryl methyl sites for hydroxylation is 1. The Hall–Kier alpha value is -2.25. The third-order valence-corrected chi connectivity index (χ3v) is 5.39. The number of hydrogen-bond acceptors (Lipinski definition) is 5. The van der Waals surface area contributed by atoms with E-state index in [1.54, 1.807) is 31.6 Å². The molecule has 0 saturated carbocycles. The van der Waals surface area contributed by atoms with Crippen LogP contribution < -0.4 is 10.1 Å². The maximum Gasteiger partial charge on any atom is 0.205 e. The van der Waals surface area contributed by atoms with Crippen LogP contribution in [-0.2, 0) is 21.7 Å². The molecule has 2 atom stereocenters. The van der Waals surface area contributed by atoms with Gasteiger partial charge in [0.15, 0.2) is 6.23 Å². The molecule has 1 aliphatic heterocycles. The van der Waals surface area contributed by atoms with Crippen molar-refractivity contribution < 1.29 is 14.2 Å². The number of imidazole rings is 1.